The molecule has 0 saturated heterocycles. The van der Waals surface area contributed by atoms with E-state index in [1.165, 1.54) is 30.3 Å². The highest BCUT2D eigenvalue weighted by Crippen LogP contribution is 2.25. The number of nitrogens with zero attached hydrogens (tertiary/aromatic N) is 1. The van der Waals surface area contributed by atoms with Crippen LogP contribution in [0.3, 0.4) is 0 Å². The topological polar surface area (TPSA) is 67.8 Å². The van der Waals surface area contributed by atoms with E-state index in [1.54, 1.807) is 0 Å². The number of benzene rings is 2. The average molecular weight is 313 g/mol. The van der Waals surface area contributed by atoms with E-state index in [0.29, 0.717) is 10.6 Å². The summed E-state index contributed by atoms with van der Waals surface area (Å²) in [5.41, 5.74) is 5.84. The molecule has 0 atom stereocenters. The highest BCUT2D eigenvalue weighted by atomic mass is 35.5. The molecule has 0 aromatic heterocycles. The monoisotopic (exact) mass is 312 g/mol. The second kappa shape index (κ2) is 6.41. The first-order chi connectivity index (χ1) is 10.0. The van der Waals surface area contributed by atoms with E-state index in [-0.39, 0.29) is 23.8 Å². The lowest BCUT2D eigenvalue weighted by Gasteiger charge is -2.11. The van der Waals surface area contributed by atoms with Gasteiger partial charge in [0.25, 0.3) is 0 Å². The Balaban J connectivity index is 2.27. The molecule has 4 nitrogen and oxygen atoms in total. The highest BCUT2D eigenvalue weighted by Gasteiger charge is 2.12. The van der Waals surface area contributed by atoms with Crippen LogP contribution in [0, 0.1) is 11.6 Å². The second-order valence-electron chi connectivity index (χ2n) is 4.13. The van der Waals surface area contributed by atoms with Crippen LogP contribution < -0.4 is 10.5 Å². The maximum absolute atomic E-state index is 13.5. The predicted molar refractivity (Wildman–Crippen MR) is 74.7 cm³/mol. The molecule has 2 aromatic carbocycles. The Morgan fingerprint density at radius 1 is 1.29 bits per heavy atom. The molecule has 0 radical (unpaired) electrons. The van der Waals surface area contributed by atoms with Gasteiger partial charge in [-0.2, -0.15) is 0 Å². The lowest BCUT2D eigenvalue weighted by molar-refractivity contribution is 0.295. The van der Waals surface area contributed by atoms with Crippen molar-refractivity contribution in [3.63, 3.8) is 0 Å². The molecule has 0 unspecified atom stereocenters. The molecule has 0 saturated carbocycles. The van der Waals surface area contributed by atoms with Crippen LogP contribution in [0.2, 0.25) is 5.02 Å². The Labute approximate surface area is 124 Å². The van der Waals surface area contributed by atoms with Gasteiger partial charge in [-0.1, -0.05) is 28.9 Å². The number of amidine groups is 1. The molecule has 0 aliphatic carbocycles. The summed E-state index contributed by atoms with van der Waals surface area (Å²) < 4.78 is 32.0. The fourth-order valence-corrected chi connectivity index (χ4v) is 1.86. The SMILES string of the molecule is N/C(=N/O)c1ccc(Cl)cc1OCc1cccc(F)c1F. The summed E-state index contributed by atoms with van der Waals surface area (Å²) in [4.78, 5) is 0. The molecule has 0 heterocycles. The second-order valence-corrected chi connectivity index (χ2v) is 4.56. The van der Waals surface area contributed by atoms with Crippen molar-refractivity contribution in [2.45, 2.75) is 6.61 Å². The first-order valence-corrected chi connectivity index (χ1v) is 6.24. The molecule has 0 bridgehead atoms. The van der Waals surface area contributed by atoms with Crippen molar-refractivity contribution < 1.29 is 18.7 Å². The smallest absolute Gasteiger partial charge is 0.173 e. The van der Waals surface area contributed by atoms with Gasteiger partial charge in [0, 0.05) is 10.6 Å². The van der Waals surface area contributed by atoms with Crippen molar-refractivity contribution in [2.75, 3.05) is 0 Å². The number of oxime groups is 1. The van der Waals surface area contributed by atoms with Crippen LogP contribution in [0.5, 0.6) is 5.75 Å². The van der Waals surface area contributed by atoms with Gasteiger partial charge in [-0.05, 0) is 24.3 Å². The maximum Gasteiger partial charge on any atom is 0.173 e. The Bertz CT molecular complexity index is 693. The van der Waals surface area contributed by atoms with Gasteiger partial charge >= 0.3 is 0 Å². The molecule has 110 valence electrons. The normalized spacial score (nSPS) is 11.5. The van der Waals surface area contributed by atoms with E-state index in [0.717, 1.165) is 6.07 Å². The van der Waals surface area contributed by atoms with Gasteiger partial charge in [0.2, 0.25) is 0 Å². The van der Waals surface area contributed by atoms with Gasteiger partial charge < -0.3 is 15.7 Å². The summed E-state index contributed by atoms with van der Waals surface area (Å²) in [6.07, 6.45) is 0. The molecule has 0 aliphatic rings. The molecule has 0 amide bonds. The molecule has 7 heteroatoms. The fourth-order valence-electron chi connectivity index (χ4n) is 1.70. The van der Waals surface area contributed by atoms with E-state index in [9.17, 15) is 8.78 Å². The minimum atomic E-state index is -0.982. The Hall–Kier alpha value is -2.34. The van der Waals surface area contributed by atoms with Crippen LogP contribution in [0.15, 0.2) is 41.6 Å². The first kappa shape index (κ1) is 15.1. The first-order valence-electron chi connectivity index (χ1n) is 5.86. The predicted octanol–water partition coefficient (Wildman–Crippen LogP) is 3.29. The molecule has 2 rings (SSSR count). The van der Waals surface area contributed by atoms with Crippen molar-refractivity contribution in [3.8, 4) is 5.75 Å². The molecule has 3 N–H and O–H groups in total. The Morgan fingerprint density at radius 2 is 2.05 bits per heavy atom. The van der Waals surface area contributed by atoms with Gasteiger partial charge in [-0.15, -0.1) is 0 Å². The van der Waals surface area contributed by atoms with Crippen molar-refractivity contribution in [2.24, 2.45) is 10.9 Å². The lowest BCUT2D eigenvalue weighted by atomic mass is 10.2. The molecule has 0 aliphatic heterocycles. The molecule has 21 heavy (non-hydrogen) atoms. The van der Waals surface area contributed by atoms with Crippen molar-refractivity contribution in [1.29, 1.82) is 0 Å². The molecular weight excluding hydrogens is 302 g/mol. The van der Waals surface area contributed by atoms with E-state index < -0.39 is 11.6 Å². The summed E-state index contributed by atoms with van der Waals surface area (Å²) >= 11 is 5.85. The third-order valence-electron chi connectivity index (χ3n) is 2.74. The fraction of sp³-hybridized carbons (Fsp3) is 0.0714. The summed E-state index contributed by atoms with van der Waals surface area (Å²) in [7, 11) is 0. The number of hydrogen-bond acceptors (Lipinski definition) is 3. The summed E-state index contributed by atoms with van der Waals surface area (Å²) in [6, 6.07) is 8.25. The van der Waals surface area contributed by atoms with Gasteiger partial charge in [-0.3, -0.25) is 0 Å². The number of halogens is 3. The number of nitrogens with two attached hydrogens (primary N) is 1. The average Bonchev–Trinajstić information content (AvgIpc) is 2.48. The van der Waals surface area contributed by atoms with E-state index in [4.69, 9.17) is 27.3 Å². The highest BCUT2D eigenvalue weighted by molar-refractivity contribution is 6.30. The summed E-state index contributed by atoms with van der Waals surface area (Å²) in [5.74, 6) is -1.92. The third kappa shape index (κ3) is 3.41. The number of hydrogen-bond donors (Lipinski definition) is 2. The van der Waals surface area contributed by atoms with Gasteiger partial charge in [-0.25, -0.2) is 8.78 Å². The minimum absolute atomic E-state index is 0.0421. The Kier molecular flexibility index (Phi) is 4.59. The zero-order chi connectivity index (χ0) is 15.4. The van der Waals surface area contributed by atoms with Gasteiger partial charge in [0.1, 0.15) is 12.4 Å². The van der Waals surface area contributed by atoms with Crippen LogP contribution in [-0.2, 0) is 6.61 Å². The zero-order valence-corrected chi connectivity index (χ0v) is 11.4. The maximum atomic E-state index is 13.5. The molecular formula is C14H11ClF2N2O2. The molecule has 0 spiro atoms. The quantitative estimate of drug-likeness (QED) is 0.394. The van der Waals surface area contributed by atoms with Crippen molar-refractivity contribution in [1.82, 2.24) is 0 Å². The number of rotatable bonds is 4. The molecule has 2 aromatic rings. The lowest BCUT2D eigenvalue weighted by Crippen LogP contribution is -2.15. The van der Waals surface area contributed by atoms with E-state index in [1.807, 2.05) is 0 Å². The number of ether oxygens (including phenoxy) is 1. The largest absolute Gasteiger partial charge is 0.488 e. The minimum Gasteiger partial charge on any atom is -0.488 e. The molecule has 0 fully saturated rings. The van der Waals surface area contributed by atoms with Gasteiger partial charge in [0.05, 0.1) is 5.56 Å². The van der Waals surface area contributed by atoms with E-state index >= 15 is 0 Å². The standard InChI is InChI=1S/C14H11ClF2N2O2/c15-9-4-5-10(14(18)19-20)12(6-9)21-7-8-2-1-3-11(16)13(8)17/h1-6,20H,7H2,(H2,18,19). The summed E-state index contributed by atoms with van der Waals surface area (Å²) in [6.45, 7) is -0.227. The Morgan fingerprint density at radius 3 is 2.76 bits per heavy atom. The summed E-state index contributed by atoms with van der Waals surface area (Å²) in [5, 5.41) is 11.9. The van der Waals surface area contributed by atoms with Crippen LogP contribution in [0.1, 0.15) is 11.1 Å². The zero-order valence-electron chi connectivity index (χ0n) is 10.7. The van der Waals surface area contributed by atoms with Crippen molar-refractivity contribution in [3.05, 3.63) is 64.2 Å². The van der Waals surface area contributed by atoms with Crippen LogP contribution in [0.4, 0.5) is 8.78 Å². The van der Waals surface area contributed by atoms with Crippen molar-refractivity contribution >= 4 is 17.4 Å². The van der Waals surface area contributed by atoms with Crippen LogP contribution in [0.25, 0.3) is 0 Å². The van der Waals surface area contributed by atoms with Crippen LogP contribution >= 0.6 is 11.6 Å². The van der Waals surface area contributed by atoms with Crippen LogP contribution in [-0.4, -0.2) is 11.0 Å². The van der Waals surface area contributed by atoms with E-state index in [2.05, 4.69) is 5.16 Å². The van der Waals surface area contributed by atoms with Gasteiger partial charge in [0.15, 0.2) is 17.5 Å². The third-order valence-corrected chi connectivity index (χ3v) is 2.98.